The van der Waals surface area contributed by atoms with E-state index in [-0.39, 0.29) is 12.0 Å². The highest BCUT2D eigenvalue weighted by molar-refractivity contribution is 5.96. The van der Waals surface area contributed by atoms with Crippen molar-refractivity contribution < 1.29 is 14.3 Å². The molecule has 0 radical (unpaired) electrons. The van der Waals surface area contributed by atoms with Crippen molar-refractivity contribution in [3.8, 4) is 5.88 Å². The summed E-state index contributed by atoms with van der Waals surface area (Å²) < 4.78 is 12.6. The molecule has 3 rings (SSSR count). The maximum Gasteiger partial charge on any atom is 0.261 e. The summed E-state index contributed by atoms with van der Waals surface area (Å²) in [5.74, 6) is 0.282. The Kier molecular flexibility index (Phi) is 4.11. The van der Waals surface area contributed by atoms with Crippen LogP contribution in [0.3, 0.4) is 0 Å². The standard InChI is InChI=1S/C16H19N3O3/c1-18-10-13(15(17-18)21-2)16(20)19-8-9-22-14(11-19)12-6-4-3-5-7-12/h3-7,10,14H,8-9,11H2,1-2H3. The number of carbonyl (C=O) groups is 1. The number of methoxy groups -OCH3 is 1. The van der Waals surface area contributed by atoms with Gasteiger partial charge in [0.25, 0.3) is 5.91 Å². The number of aryl methyl sites for hydroxylation is 1. The number of ether oxygens (including phenoxy) is 2. The molecule has 0 N–H and O–H groups in total. The van der Waals surface area contributed by atoms with Crippen molar-refractivity contribution >= 4 is 5.91 Å². The van der Waals surface area contributed by atoms with Crippen LogP contribution in [0.1, 0.15) is 22.0 Å². The molecule has 0 bridgehead atoms. The predicted molar refractivity (Wildman–Crippen MR) is 80.8 cm³/mol. The van der Waals surface area contributed by atoms with E-state index >= 15 is 0 Å². The average molecular weight is 301 g/mol. The van der Waals surface area contributed by atoms with Crippen molar-refractivity contribution in [3.63, 3.8) is 0 Å². The summed E-state index contributed by atoms with van der Waals surface area (Å²) in [6.45, 7) is 1.62. The topological polar surface area (TPSA) is 56.6 Å². The van der Waals surface area contributed by atoms with E-state index in [0.717, 1.165) is 5.56 Å². The molecule has 1 aliphatic heterocycles. The summed E-state index contributed by atoms with van der Waals surface area (Å²) in [7, 11) is 3.29. The first-order chi connectivity index (χ1) is 10.7. The highest BCUT2D eigenvalue weighted by Gasteiger charge is 2.28. The molecule has 0 saturated carbocycles. The van der Waals surface area contributed by atoms with Gasteiger partial charge in [0.2, 0.25) is 5.88 Å². The van der Waals surface area contributed by atoms with Gasteiger partial charge in [-0.1, -0.05) is 30.3 Å². The average Bonchev–Trinajstić information content (AvgIpc) is 2.96. The Bertz CT molecular complexity index is 654. The smallest absolute Gasteiger partial charge is 0.261 e. The van der Waals surface area contributed by atoms with Crippen LogP contribution in [0.25, 0.3) is 0 Å². The van der Waals surface area contributed by atoms with E-state index in [1.165, 1.54) is 7.11 Å². The lowest BCUT2D eigenvalue weighted by atomic mass is 10.1. The summed E-state index contributed by atoms with van der Waals surface area (Å²) >= 11 is 0. The molecule has 1 saturated heterocycles. The number of benzene rings is 1. The number of amides is 1. The maximum absolute atomic E-state index is 12.7. The fraction of sp³-hybridized carbons (Fsp3) is 0.375. The first kappa shape index (κ1) is 14.6. The van der Waals surface area contributed by atoms with E-state index in [1.807, 2.05) is 30.3 Å². The molecular weight excluding hydrogens is 282 g/mol. The van der Waals surface area contributed by atoms with Gasteiger partial charge in [0.05, 0.1) is 20.3 Å². The fourth-order valence-corrected chi connectivity index (χ4v) is 2.64. The first-order valence-electron chi connectivity index (χ1n) is 7.22. The van der Waals surface area contributed by atoms with Crippen LogP contribution in [0.15, 0.2) is 36.5 Å². The number of hydrogen-bond donors (Lipinski definition) is 0. The van der Waals surface area contributed by atoms with Gasteiger partial charge in [-0.3, -0.25) is 9.48 Å². The van der Waals surface area contributed by atoms with Gasteiger partial charge < -0.3 is 14.4 Å². The first-order valence-corrected chi connectivity index (χ1v) is 7.22. The van der Waals surface area contributed by atoms with Crippen molar-refractivity contribution in [2.75, 3.05) is 26.8 Å². The Morgan fingerprint density at radius 1 is 1.36 bits per heavy atom. The Labute approximate surface area is 129 Å². The highest BCUT2D eigenvalue weighted by atomic mass is 16.5. The van der Waals surface area contributed by atoms with Gasteiger partial charge in [0, 0.05) is 19.8 Å². The molecule has 1 unspecified atom stereocenters. The number of hydrogen-bond acceptors (Lipinski definition) is 4. The minimum Gasteiger partial charge on any atom is -0.479 e. The molecule has 6 nitrogen and oxygen atoms in total. The lowest BCUT2D eigenvalue weighted by Crippen LogP contribution is -2.42. The summed E-state index contributed by atoms with van der Waals surface area (Å²) in [5, 5.41) is 4.14. The van der Waals surface area contributed by atoms with Gasteiger partial charge in [-0.2, -0.15) is 0 Å². The maximum atomic E-state index is 12.7. The van der Waals surface area contributed by atoms with Crippen molar-refractivity contribution in [3.05, 3.63) is 47.7 Å². The third kappa shape index (κ3) is 2.82. The summed E-state index contributed by atoms with van der Waals surface area (Å²) in [6.07, 6.45) is 1.59. The molecule has 22 heavy (non-hydrogen) atoms. The number of rotatable bonds is 3. The molecular formula is C16H19N3O3. The Balaban J connectivity index is 1.78. The molecule has 1 aromatic carbocycles. The Morgan fingerprint density at radius 3 is 2.86 bits per heavy atom. The molecule has 116 valence electrons. The third-order valence-electron chi connectivity index (χ3n) is 3.74. The van der Waals surface area contributed by atoms with Crippen molar-refractivity contribution in [1.82, 2.24) is 14.7 Å². The summed E-state index contributed by atoms with van der Waals surface area (Å²) in [5.41, 5.74) is 1.57. The van der Waals surface area contributed by atoms with Crippen LogP contribution in [0.5, 0.6) is 5.88 Å². The van der Waals surface area contributed by atoms with Crippen LogP contribution in [0.2, 0.25) is 0 Å². The predicted octanol–water partition coefficient (Wildman–Crippen LogP) is 1.64. The minimum absolute atomic E-state index is 0.0748. The SMILES string of the molecule is COc1nn(C)cc1C(=O)N1CCOC(c2ccccc2)C1. The van der Waals surface area contributed by atoms with Crippen LogP contribution >= 0.6 is 0 Å². The Hall–Kier alpha value is -2.34. The van der Waals surface area contributed by atoms with Gasteiger partial charge in [-0.05, 0) is 5.56 Å². The highest BCUT2D eigenvalue weighted by Crippen LogP contribution is 2.25. The van der Waals surface area contributed by atoms with Gasteiger partial charge >= 0.3 is 0 Å². The summed E-state index contributed by atoms with van der Waals surface area (Å²) in [4.78, 5) is 14.5. The van der Waals surface area contributed by atoms with E-state index in [4.69, 9.17) is 9.47 Å². The molecule has 1 aliphatic rings. The number of aromatic nitrogens is 2. The Morgan fingerprint density at radius 2 is 2.14 bits per heavy atom. The van der Waals surface area contributed by atoms with Gasteiger partial charge in [-0.25, -0.2) is 0 Å². The van der Waals surface area contributed by atoms with Crippen molar-refractivity contribution in [2.24, 2.45) is 7.05 Å². The molecule has 1 aromatic heterocycles. The minimum atomic E-state index is -0.0958. The van der Waals surface area contributed by atoms with Crippen LogP contribution < -0.4 is 4.74 Å². The second-order valence-electron chi connectivity index (χ2n) is 5.25. The van der Waals surface area contributed by atoms with E-state index < -0.39 is 0 Å². The van der Waals surface area contributed by atoms with Crippen LogP contribution in [0.4, 0.5) is 0 Å². The normalized spacial score (nSPS) is 18.3. The molecule has 2 aromatic rings. The monoisotopic (exact) mass is 301 g/mol. The zero-order chi connectivity index (χ0) is 15.5. The zero-order valence-corrected chi connectivity index (χ0v) is 12.7. The van der Waals surface area contributed by atoms with E-state index in [1.54, 1.807) is 22.8 Å². The second kappa shape index (κ2) is 6.19. The van der Waals surface area contributed by atoms with Crippen molar-refractivity contribution in [1.29, 1.82) is 0 Å². The van der Waals surface area contributed by atoms with E-state index in [0.29, 0.717) is 31.1 Å². The van der Waals surface area contributed by atoms with Crippen LogP contribution in [0, 0.1) is 0 Å². The van der Waals surface area contributed by atoms with Crippen molar-refractivity contribution in [2.45, 2.75) is 6.10 Å². The number of nitrogens with zero attached hydrogens (tertiary/aromatic N) is 3. The fourth-order valence-electron chi connectivity index (χ4n) is 2.64. The van der Waals surface area contributed by atoms with Crippen LogP contribution in [-0.4, -0.2) is 47.4 Å². The largest absolute Gasteiger partial charge is 0.479 e. The van der Waals surface area contributed by atoms with Gasteiger partial charge in [-0.15, -0.1) is 5.10 Å². The molecule has 1 amide bonds. The molecule has 2 heterocycles. The number of morpholine rings is 1. The molecule has 1 fully saturated rings. The number of carbonyl (C=O) groups excluding carboxylic acids is 1. The lowest BCUT2D eigenvalue weighted by Gasteiger charge is -2.33. The lowest BCUT2D eigenvalue weighted by molar-refractivity contribution is -0.0229. The zero-order valence-electron chi connectivity index (χ0n) is 12.7. The molecule has 1 atom stereocenters. The molecule has 6 heteroatoms. The second-order valence-corrected chi connectivity index (χ2v) is 5.25. The molecule has 0 aliphatic carbocycles. The molecule has 0 spiro atoms. The van der Waals surface area contributed by atoms with Crippen LogP contribution in [-0.2, 0) is 11.8 Å². The van der Waals surface area contributed by atoms with Gasteiger partial charge in [0.1, 0.15) is 11.7 Å². The summed E-state index contributed by atoms with van der Waals surface area (Å²) in [6, 6.07) is 9.95. The third-order valence-corrected chi connectivity index (χ3v) is 3.74. The quantitative estimate of drug-likeness (QED) is 0.865. The van der Waals surface area contributed by atoms with E-state index in [9.17, 15) is 4.79 Å². The van der Waals surface area contributed by atoms with Gasteiger partial charge in [0.15, 0.2) is 0 Å². The van der Waals surface area contributed by atoms with E-state index in [2.05, 4.69) is 5.10 Å².